The van der Waals surface area contributed by atoms with Gasteiger partial charge >= 0.3 is 5.97 Å². The molecule has 1 atom stereocenters. The van der Waals surface area contributed by atoms with Crippen LogP contribution in [-0.4, -0.2) is 32.7 Å². The zero-order valence-corrected chi connectivity index (χ0v) is 16.9. The van der Waals surface area contributed by atoms with Crippen molar-refractivity contribution in [1.82, 2.24) is 14.7 Å². The van der Waals surface area contributed by atoms with E-state index < -0.39 is 12.1 Å². The van der Waals surface area contributed by atoms with Crippen LogP contribution in [0.2, 0.25) is 0 Å². The predicted octanol–water partition coefficient (Wildman–Crippen LogP) is 3.50. The van der Waals surface area contributed by atoms with Crippen LogP contribution in [0.4, 0.5) is 0 Å². The van der Waals surface area contributed by atoms with Gasteiger partial charge in [-0.25, -0.2) is 4.79 Å². The Balaban J connectivity index is 1.75. The average molecular weight is 391 g/mol. The van der Waals surface area contributed by atoms with Crippen molar-refractivity contribution in [1.29, 1.82) is 0 Å². The van der Waals surface area contributed by atoms with E-state index in [4.69, 9.17) is 4.74 Å². The van der Waals surface area contributed by atoms with Gasteiger partial charge in [0.05, 0.1) is 6.20 Å². The molecule has 1 aromatic heterocycles. The second kappa shape index (κ2) is 9.19. The van der Waals surface area contributed by atoms with Gasteiger partial charge in [0.2, 0.25) is 0 Å². The SMILES string of the molecule is Cc1c(C(=O)OC(C)C(=O)N(Cc2ccccc2)Cc2ccccc2)cnn1C. The van der Waals surface area contributed by atoms with E-state index in [1.165, 1.54) is 6.20 Å². The number of hydrogen-bond acceptors (Lipinski definition) is 4. The fraction of sp³-hybridized carbons (Fsp3) is 0.261. The molecule has 0 aliphatic heterocycles. The third-order valence-electron chi connectivity index (χ3n) is 4.83. The summed E-state index contributed by atoms with van der Waals surface area (Å²) >= 11 is 0. The summed E-state index contributed by atoms with van der Waals surface area (Å²) in [6.45, 7) is 4.26. The molecule has 0 spiro atoms. The minimum absolute atomic E-state index is 0.243. The smallest absolute Gasteiger partial charge is 0.342 e. The molecule has 2 aromatic carbocycles. The van der Waals surface area contributed by atoms with E-state index >= 15 is 0 Å². The molecule has 0 saturated carbocycles. The standard InChI is InChI=1S/C23H25N3O3/c1-17-21(14-24-25(17)3)23(28)29-18(2)22(27)26(15-19-10-6-4-7-11-19)16-20-12-8-5-9-13-20/h4-14,18H,15-16H2,1-3H3. The summed E-state index contributed by atoms with van der Waals surface area (Å²) < 4.78 is 7.06. The van der Waals surface area contributed by atoms with E-state index in [0.29, 0.717) is 24.3 Å². The van der Waals surface area contributed by atoms with Crippen LogP contribution in [-0.2, 0) is 29.7 Å². The van der Waals surface area contributed by atoms with Crippen LogP contribution < -0.4 is 0 Å². The molecule has 3 rings (SSSR count). The minimum Gasteiger partial charge on any atom is -0.449 e. The molecule has 0 aliphatic carbocycles. The summed E-state index contributed by atoms with van der Waals surface area (Å²) in [5.41, 5.74) is 3.08. The summed E-state index contributed by atoms with van der Waals surface area (Å²) in [5, 5.41) is 4.06. The number of esters is 1. The van der Waals surface area contributed by atoms with Gasteiger partial charge in [-0.15, -0.1) is 0 Å². The van der Waals surface area contributed by atoms with Crippen LogP contribution in [0.25, 0.3) is 0 Å². The Kier molecular flexibility index (Phi) is 6.44. The molecule has 29 heavy (non-hydrogen) atoms. The topological polar surface area (TPSA) is 64.4 Å². The van der Waals surface area contributed by atoms with Crippen molar-refractivity contribution >= 4 is 11.9 Å². The number of nitrogens with zero attached hydrogens (tertiary/aromatic N) is 3. The molecule has 0 aliphatic rings. The zero-order chi connectivity index (χ0) is 20.8. The van der Waals surface area contributed by atoms with Crippen molar-refractivity contribution in [3.8, 4) is 0 Å². The van der Waals surface area contributed by atoms with E-state index in [1.54, 1.807) is 30.5 Å². The molecule has 0 N–H and O–H groups in total. The average Bonchev–Trinajstić information content (AvgIpc) is 3.07. The van der Waals surface area contributed by atoms with Crippen molar-refractivity contribution in [3.63, 3.8) is 0 Å². The van der Waals surface area contributed by atoms with Crippen molar-refractivity contribution in [2.24, 2.45) is 7.05 Å². The van der Waals surface area contributed by atoms with Crippen molar-refractivity contribution < 1.29 is 14.3 Å². The van der Waals surface area contributed by atoms with Crippen LogP contribution in [0, 0.1) is 6.92 Å². The van der Waals surface area contributed by atoms with Gasteiger partial charge in [-0.3, -0.25) is 9.48 Å². The third-order valence-corrected chi connectivity index (χ3v) is 4.83. The monoisotopic (exact) mass is 391 g/mol. The Labute approximate surface area is 170 Å². The highest BCUT2D eigenvalue weighted by Crippen LogP contribution is 2.15. The predicted molar refractivity (Wildman–Crippen MR) is 110 cm³/mol. The van der Waals surface area contributed by atoms with Crippen LogP contribution >= 0.6 is 0 Å². The molecular formula is C23H25N3O3. The van der Waals surface area contributed by atoms with Crippen molar-refractivity contribution in [3.05, 3.63) is 89.2 Å². The zero-order valence-electron chi connectivity index (χ0n) is 16.9. The number of hydrogen-bond donors (Lipinski definition) is 0. The van der Waals surface area contributed by atoms with Crippen LogP contribution in [0.1, 0.15) is 34.1 Å². The number of rotatable bonds is 7. The molecule has 3 aromatic rings. The fourth-order valence-electron chi connectivity index (χ4n) is 3.05. The molecule has 0 saturated heterocycles. The van der Waals surface area contributed by atoms with E-state index in [0.717, 1.165) is 11.1 Å². The summed E-state index contributed by atoms with van der Waals surface area (Å²) in [6, 6.07) is 19.5. The second-order valence-corrected chi connectivity index (χ2v) is 6.98. The Bertz CT molecular complexity index is 926. The lowest BCUT2D eigenvalue weighted by Crippen LogP contribution is -2.39. The quantitative estimate of drug-likeness (QED) is 0.578. The number of carbonyl (C=O) groups excluding carboxylic acids is 2. The van der Waals surface area contributed by atoms with E-state index in [-0.39, 0.29) is 5.91 Å². The number of carbonyl (C=O) groups is 2. The van der Waals surface area contributed by atoms with Crippen molar-refractivity contribution in [2.45, 2.75) is 33.0 Å². The maximum atomic E-state index is 13.1. The van der Waals surface area contributed by atoms with Gasteiger partial charge < -0.3 is 9.64 Å². The number of aromatic nitrogens is 2. The lowest BCUT2D eigenvalue weighted by Gasteiger charge is -2.26. The highest BCUT2D eigenvalue weighted by atomic mass is 16.5. The van der Waals surface area contributed by atoms with Gasteiger partial charge in [-0.05, 0) is 25.0 Å². The maximum absolute atomic E-state index is 13.1. The maximum Gasteiger partial charge on any atom is 0.342 e. The van der Waals surface area contributed by atoms with E-state index in [1.807, 2.05) is 60.7 Å². The normalized spacial score (nSPS) is 11.7. The molecule has 6 heteroatoms. The highest BCUT2D eigenvalue weighted by molar-refractivity contribution is 5.93. The molecule has 0 fully saturated rings. The van der Waals surface area contributed by atoms with E-state index in [9.17, 15) is 9.59 Å². The first kappa shape index (κ1) is 20.3. The lowest BCUT2D eigenvalue weighted by molar-refractivity contribution is -0.141. The Morgan fingerprint density at radius 1 is 1.00 bits per heavy atom. The summed E-state index contributed by atoms with van der Waals surface area (Å²) in [6.07, 6.45) is 0.551. The molecular weight excluding hydrogens is 366 g/mol. The minimum atomic E-state index is -0.908. The van der Waals surface area contributed by atoms with Crippen LogP contribution in [0.3, 0.4) is 0 Å². The van der Waals surface area contributed by atoms with E-state index in [2.05, 4.69) is 5.10 Å². The second-order valence-electron chi connectivity index (χ2n) is 6.98. The molecule has 6 nitrogen and oxygen atoms in total. The third kappa shape index (κ3) is 5.10. The number of benzene rings is 2. The summed E-state index contributed by atoms with van der Waals surface area (Å²) in [4.78, 5) is 27.3. The number of amides is 1. The summed E-state index contributed by atoms with van der Waals surface area (Å²) in [7, 11) is 1.75. The number of aryl methyl sites for hydroxylation is 1. The Morgan fingerprint density at radius 2 is 1.52 bits per heavy atom. The van der Waals surface area contributed by atoms with Crippen molar-refractivity contribution in [2.75, 3.05) is 0 Å². The first-order chi connectivity index (χ1) is 14.0. The van der Waals surface area contributed by atoms with Gasteiger partial charge in [-0.1, -0.05) is 60.7 Å². The van der Waals surface area contributed by atoms with Crippen LogP contribution in [0.15, 0.2) is 66.9 Å². The molecule has 0 radical (unpaired) electrons. The largest absolute Gasteiger partial charge is 0.449 e. The Morgan fingerprint density at radius 3 is 1.97 bits per heavy atom. The van der Waals surface area contributed by atoms with Crippen LogP contribution in [0.5, 0.6) is 0 Å². The molecule has 150 valence electrons. The first-order valence-electron chi connectivity index (χ1n) is 9.52. The molecule has 0 bridgehead atoms. The van der Waals surface area contributed by atoms with Gasteiger partial charge in [0.25, 0.3) is 5.91 Å². The molecule has 1 unspecified atom stereocenters. The van der Waals surface area contributed by atoms with Gasteiger partial charge in [0.1, 0.15) is 5.56 Å². The molecule has 1 heterocycles. The fourth-order valence-corrected chi connectivity index (χ4v) is 3.05. The Hall–Kier alpha value is -3.41. The van der Waals surface area contributed by atoms with Gasteiger partial charge in [0, 0.05) is 25.8 Å². The lowest BCUT2D eigenvalue weighted by atomic mass is 10.1. The molecule has 1 amide bonds. The first-order valence-corrected chi connectivity index (χ1v) is 9.52. The highest BCUT2D eigenvalue weighted by Gasteiger charge is 2.26. The van der Waals surface area contributed by atoms with Gasteiger partial charge in [-0.2, -0.15) is 5.10 Å². The summed E-state index contributed by atoms with van der Waals surface area (Å²) in [5.74, 6) is -0.788. The van der Waals surface area contributed by atoms with Gasteiger partial charge in [0.15, 0.2) is 6.10 Å². The number of ether oxygens (including phenoxy) is 1.